The van der Waals surface area contributed by atoms with Crippen LogP contribution in [0.15, 0.2) is 58.4 Å². The maximum Gasteiger partial charge on any atom is 0.267 e. The molecular formula is C27H28N4O2S2. The van der Waals surface area contributed by atoms with Gasteiger partial charge >= 0.3 is 0 Å². The van der Waals surface area contributed by atoms with E-state index < -0.39 is 0 Å². The lowest BCUT2D eigenvalue weighted by molar-refractivity contribution is -0.123. The molecule has 1 atom stereocenters. The number of hydrogen-bond acceptors (Lipinski definition) is 6. The van der Waals surface area contributed by atoms with Crippen molar-refractivity contribution in [3.63, 3.8) is 0 Å². The molecule has 5 rings (SSSR count). The first-order valence-corrected chi connectivity index (χ1v) is 13.3. The molecule has 180 valence electrons. The van der Waals surface area contributed by atoms with Crippen LogP contribution in [0.5, 0.6) is 0 Å². The Morgan fingerprint density at radius 3 is 2.60 bits per heavy atom. The fourth-order valence-corrected chi connectivity index (χ4v) is 6.16. The highest BCUT2D eigenvalue weighted by Crippen LogP contribution is 2.38. The van der Waals surface area contributed by atoms with Crippen LogP contribution in [0.3, 0.4) is 0 Å². The number of thiocarbonyl (C=S) groups is 1. The van der Waals surface area contributed by atoms with Crippen LogP contribution < -0.4 is 10.9 Å². The number of rotatable bonds is 5. The number of pyridine rings is 1. The van der Waals surface area contributed by atoms with Crippen molar-refractivity contribution in [3.05, 3.63) is 80.6 Å². The number of anilines is 1. The number of aromatic nitrogens is 2. The zero-order valence-electron chi connectivity index (χ0n) is 19.9. The molecule has 1 aliphatic heterocycles. The van der Waals surface area contributed by atoms with Gasteiger partial charge in [-0.25, -0.2) is 4.98 Å². The average Bonchev–Trinajstić information content (AvgIpc) is 3.15. The van der Waals surface area contributed by atoms with Crippen molar-refractivity contribution in [2.45, 2.75) is 58.0 Å². The van der Waals surface area contributed by atoms with Crippen LogP contribution in [0.1, 0.15) is 61.8 Å². The Bertz CT molecular complexity index is 1380. The molecule has 2 fully saturated rings. The lowest BCUT2D eigenvalue weighted by Crippen LogP contribution is -2.31. The fraction of sp³-hybridized carbons (Fsp3) is 0.333. The van der Waals surface area contributed by atoms with Gasteiger partial charge < -0.3 is 5.32 Å². The van der Waals surface area contributed by atoms with Crippen LogP contribution in [0.4, 0.5) is 5.82 Å². The topological polar surface area (TPSA) is 66.7 Å². The van der Waals surface area contributed by atoms with E-state index in [1.807, 2.05) is 56.3 Å². The molecule has 1 saturated heterocycles. The Hall–Kier alpha value is -2.97. The number of fused-ring (bicyclic) bond motifs is 1. The van der Waals surface area contributed by atoms with Crippen LogP contribution in [-0.2, 0) is 4.79 Å². The summed E-state index contributed by atoms with van der Waals surface area (Å²) in [4.78, 5) is 34.0. The predicted molar refractivity (Wildman–Crippen MR) is 147 cm³/mol. The smallest absolute Gasteiger partial charge is 0.267 e. The van der Waals surface area contributed by atoms with Crippen LogP contribution >= 0.6 is 24.0 Å². The van der Waals surface area contributed by atoms with Gasteiger partial charge in [-0.15, -0.1) is 0 Å². The van der Waals surface area contributed by atoms with Crippen LogP contribution in [0.2, 0.25) is 0 Å². The van der Waals surface area contributed by atoms with Crippen LogP contribution in [0, 0.1) is 6.92 Å². The number of amides is 1. The third-order valence-corrected chi connectivity index (χ3v) is 8.05. The first kappa shape index (κ1) is 23.8. The van der Waals surface area contributed by atoms with Gasteiger partial charge in [0.2, 0.25) is 0 Å². The van der Waals surface area contributed by atoms with Crippen molar-refractivity contribution in [2.75, 3.05) is 5.32 Å². The Labute approximate surface area is 214 Å². The molecule has 2 aromatic heterocycles. The van der Waals surface area contributed by atoms with E-state index in [1.165, 1.54) is 18.2 Å². The molecule has 3 heterocycles. The van der Waals surface area contributed by atoms with Crippen molar-refractivity contribution >= 4 is 51.7 Å². The van der Waals surface area contributed by atoms with E-state index in [4.69, 9.17) is 17.2 Å². The predicted octanol–water partition coefficient (Wildman–Crippen LogP) is 5.71. The number of benzene rings is 1. The van der Waals surface area contributed by atoms with Gasteiger partial charge in [0.15, 0.2) is 0 Å². The maximum absolute atomic E-state index is 13.6. The molecule has 1 unspecified atom stereocenters. The minimum Gasteiger partial charge on any atom is -0.367 e. The molecule has 1 saturated carbocycles. The second-order valence-electron chi connectivity index (χ2n) is 9.23. The number of thioether (sulfide) groups is 1. The van der Waals surface area contributed by atoms with Gasteiger partial charge in [-0.2, -0.15) is 0 Å². The Morgan fingerprint density at radius 2 is 1.86 bits per heavy atom. The zero-order chi connectivity index (χ0) is 24.5. The number of nitrogens with one attached hydrogen (secondary N) is 1. The number of carbonyl (C=O) groups is 1. The molecule has 0 bridgehead atoms. The standard InChI is InChI=1S/C27H28N4O2S2/c1-17-13-14-23-29-24(28-20-11-7-4-8-12-20)21(25(32)30(23)16-17)15-22-26(33)31(27(34)35-22)18(2)19-9-5-3-6-10-19/h3,5-6,9-10,13-16,18,20,28H,4,7-8,11-12H2,1-2H3. The SMILES string of the molecule is Cc1ccc2nc(NC3CCCCC3)c(C=C3SC(=S)N(C(C)c4ccccc4)C3=O)c(=O)n2c1. The first-order chi connectivity index (χ1) is 16.9. The molecule has 1 aliphatic carbocycles. The number of aryl methyl sites for hydroxylation is 1. The molecule has 2 aliphatic rings. The Kier molecular flexibility index (Phi) is 6.75. The molecule has 1 N–H and O–H groups in total. The van der Waals surface area contributed by atoms with Gasteiger partial charge in [0, 0.05) is 12.2 Å². The molecule has 1 aromatic carbocycles. The second-order valence-corrected chi connectivity index (χ2v) is 10.9. The summed E-state index contributed by atoms with van der Waals surface area (Å²) in [5, 5.41) is 3.52. The molecule has 35 heavy (non-hydrogen) atoms. The largest absolute Gasteiger partial charge is 0.367 e. The summed E-state index contributed by atoms with van der Waals surface area (Å²) in [6.45, 7) is 3.91. The highest BCUT2D eigenvalue weighted by Gasteiger charge is 2.36. The fourth-order valence-electron chi connectivity index (χ4n) is 4.76. The van der Waals surface area contributed by atoms with Crippen molar-refractivity contribution in [3.8, 4) is 0 Å². The van der Waals surface area contributed by atoms with Crippen LogP contribution in [-0.4, -0.2) is 30.6 Å². The van der Waals surface area contributed by atoms with Gasteiger partial charge in [0.1, 0.15) is 15.8 Å². The quantitative estimate of drug-likeness (QED) is 0.355. The van der Waals surface area contributed by atoms with Gasteiger partial charge in [-0.05, 0) is 50.0 Å². The summed E-state index contributed by atoms with van der Waals surface area (Å²) in [5.41, 5.74) is 2.75. The van der Waals surface area contributed by atoms with Crippen molar-refractivity contribution < 1.29 is 4.79 Å². The summed E-state index contributed by atoms with van der Waals surface area (Å²) in [5.74, 6) is 0.348. The minimum atomic E-state index is -0.201. The Balaban J connectivity index is 1.56. The van der Waals surface area contributed by atoms with Gasteiger partial charge in [-0.1, -0.05) is 79.6 Å². The normalized spacial score (nSPS) is 19.0. The van der Waals surface area contributed by atoms with Crippen molar-refractivity contribution in [1.82, 2.24) is 14.3 Å². The summed E-state index contributed by atoms with van der Waals surface area (Å²) in [6, 6.07) is 13.7. The summed E-state index contributed by atoms with van der Waals surface area (Å²) >= 11 is 6.83. The van der Waals surface area contributed by atoms with Gasteiger partial charge in [0.25, 0.3) is 11.5 Å². The molecule has 3 aromatic rings. The lowest BCUT2D eigenvalue weighted by atomic mass is 9.95. The number of carbonyl (C=O) groups excluding carboxylic acids is 1. The van der Waals surface area contributed by atoms with Crippen molar-refractivity contribution in [2.24, 2.45) is 0 Å². The molecule has 6 nitrogen and oxygen atoms in total. The zero-order valence-corrected chi connectivity index (χ0v) is 21.5. The molecule has 0 spiro atoms. The summed E-state index contributed by atoms with van der Waals surface area (Å²) in [7, 11) is 0. The van der Waals surface area contributed by atoms with E-state index in [0.29, 0.717) is 26.3 Å². The maximum atomic E-state index is 13.6. The van der Waals surface area contributed by atoms with Gasteiger partial charge in [-0.3, -0.25) is 18.9 Å². The van der Waals surface area contributed by atoms with Gasteiger partial charge in [0.05, 0.1) is 16.5 Å². The van der Waals surface area contributed by atoms with Crippen LogP contribution in [0.25, 0.3) is 11.7 Å². The minimum absolute atomic E-state index is 0.186. The highest BCUT2D eigenvalue weighted by molar-refractivity contribution is 8.26. The molecular weight excluding hydrogens is 476 g/mol. The second kappa shape index (κ2) is 9.95. The van der Waals surface area contributed by atoms with E-state index in [9.17, 15) is 9.59 Å². The van der Waals surface area contributed by atoms with E-state index in [0.717, 1.165) is 36.8 Å². The summed E-state index contributed by atoms with van der Waals surface area (Å²) < 4.78 is 2.05. The molecule has 8 heteroatoms. The monoisotopic (exact) mass is 504 g/mol. The van der Waals surface area contributed by atoms with E-state index in [2.05, 4.69) is 5.32 Å². The average molecular weight is 505 g/mol. The molecule has 1 amide bonds. The van der Waals surface area contributed by atoms with E-state index in [-0.39, 0.29) is 23.6 Å². The lowest BCUT2D eigenvalue weighted by Gasteiger charge is -2.24. The first-order valence-electron chi connectivity index (χ1n) is 12.0. The highest BCUT2D eigenvalue weighted by atomic mass is 32.2. The van der Waals surface area contributed by atoms with Crippen molar-refractivity contribution in [1.29, 1.82) is 0 Å². The number of hydrogen-bond donors (Lipinski definition) is 1. The number of nitrogens with zero attached hydrogens (tertiary/aromatic N) is 3. The third-order valence-electron chi connectivity index (χ3n) is 6.72. The summed E-state index contributed by atoms with van der Waals surface area (Å²) in [6.07, 6.45) is 9.11. The third kappa shape index (κ3) is 4.77. The Morgan fingerprint density at radius 1 is 1.11 bits per heavy atom. The molecule has 0 radical (unpaired) electrons. The van der Waals surface area contributed by atoms with E-state index >= 15 is 0 Å². The van der Waals surface area contributed by atoms with E-state index in [1.54, 1.807) is 21.6 Å².